The zero-order valence-corrected chi connectivity index (χ0v) is 9.89. The molecule has 1 aromatic heterocycles. The van der Waals surface area contributed by atoms with E-state index in [1.54, 1.807) is 4.68 Å². The van der Waals surface area contributed by atoms with Crippen molar-refractivity contribution in [3.8, 4) is 0 Å². The van der Waals surface area contributed by atoms with Gasteiger partial charge in [-0.2, -0.15) is 0 Å². The van der Waals surface area contributed by atoms with Crippen LogP contribution in [-0.2, 0) is 22.4 Å². The third kappa shape index (κ3) is 2.79. The highest BCUT2D eigenvalue weighted by Gasteiger charge is 2.18. The number of rotatable bonds is 6. The molecular formula is C10H17N3O3. The number of aromatic nitrogens is 3. The first kappa shape index (κ1) is 12.6. The average Bonchev–Trinajstić information content (AvgIpc) is 2.71. The summed E-state index contributed by atoms with van der Waals surface area (Å²) in [6.45, 7) is 5.71. The summed E-state index contributed by atoms with van der Waals surface area (Å²) in [6.07, 6.45) is 0.684. The lowest BCUT2D eigenvalue weighted by atomic mass is 10.2. The van der Waals surface area contributed by atoms with E-state index in [0.29, 0.717) is 31.9 Å². The van der Waals surface area contributed by atoms with E-state index in [1.165, 1.54) is 7.11 Å². The van der Waals surface area contributed by atoms with Crippen molar-refractivity contribution < 1.29 is 14.3 Å². The molecule has 1 rings (SSSR count). The largest absolute Gasteiger partial charge is 0.464 e. The van der Waals surface area contributed by atoms with E-state index < -0.39 is 5.97 Å². The van der Waals surface area contributed by atoms with E-state index in [1.807, 2.05) is 13.8 Å². The van der Waals surface area contributed by atoms with Crippen LogP contribution in [0.25, 0.3) is 0 Å². The molecule has 0 radical (unpaired) electrons. The number of methoxy groups -OCH3 is 1. The van der Waals surface area contributed by atoms with Gasteiger partial charge in [-0.25, -0.2) is 9.48 Å². The van der Waals surface area contributed by atoms with Crippen molar-refractivity contribution in [3.05, 3.63) is 11.4 Å². The minimum absolute atomic E-state index is 0.293. The van der Waals surface area contributed by atoms with Gasteiger partial charge in [-0.3, -0.25) is 0 Å². The Morgan fingerprint density at radius 1 is 1.44 bits per heavy atom. The molecule has 0 aliphatic rings. The van der Waals surface area contributed by atoms with E-state index in [0.717, 1.165) is 5.69 Å². The number of nitrogens with zero attached hydrogens (tertiary/aromatic N) is 3. The van der Waals surface area contributed by atoms with Crippen LogP contribution < -0.4 is 0 Å². The highest BCUT2D eigenvalue weighted by atomic mass is 16.5. The van der Waals surface area contributed by atoms with Crippen molar-refractivity contribution >= 4 is 5.97 Å². The predicted molar refractivity (Wildman–Crippen MR) is 57.2 cm³/mol. The Morgan fingerprint density at radius 3 is 2.75 bits per heavy atom. The van der Waals surface area contributed by atoms with Gasteiger partial charge in [-0.05, 0) is 13.3 Å². The van der Waals surface area contributed by atoms with Gasteiger partial charge in [-0.1, -0.05) is 12.1 Å². The van der Waals surface area contributed by atoms with Crippen molar-refractivity contribution in [2.45, 2.75) is 26.8 Å². The molecule has 0 atom stereocenters. The van der Waals surface area contributed by atoms with Crippen molar-refractivity contribution in [2.24, 2.45) is 0 Å². The van der Waals surface area contributed by atoms with Crippen LogP contribution in [0.1, 0.15) is 30.0 Å². The Kier molecular flexibility index (Phi) is 4.91. The minimum atomic E-state index is -0.445. The second-order valence-corrected chi connectivity index (χ2v) is 3.15. The fourth-order valence-electron chi connectivity index (χ4n) is 1.41. The molecule has 1 heterocycles. The molecule has 0 saturated heterocycles. The van der Waals surface area contributed by atoms with Crippen LogP contribution in [0.2, 0.25) is 0 Å². The summed E-state index contributed by atoms with van der Waals surface area (Å²) in [6, 6.07) is 0. The lowest BCUT2D eigenvalue weighted by Gasteiger charge is -2.05. The van der Waals surface area contributed by atoms with Crippen LogP contribution in [0.15, 0.2) is 0 Å². The lowest BCUT2D eigenvalue weighted by molar-refractivity contribution is 0.0592. The molecule has 0 aliphatic heterocycles. The smallest absolute Gasteiger partial charge is 0.360 e. The first-order valence-corrected chi connectivity index (χ1v) is 5.33. The van der Waals surface area contributed by atoms with Crippen LogP contribution in [0, 0.1) is 0 Å². The standard InChI is InChI=1S/C10H17N3O3/c1-4-8-9(10(14)15-3)11-12-13(8)6-7-16-5-2/h4-7H2,1-3H3. The van der Waals surface area contributed by atoms with E-state index in [4.69, 9.17) is 4.74 Å². The van der Waals surface area contributed by atoms with Gasteiger partial charge in [0.15, 0.2) is 5.69 Å². The van der Waals surface area contributed by atoms with Crippen molar-refractivity contribution in [1.29, 1.82) is 0 Å². The molecular weight excluding hydrogens is 210 g/mol. The molecule has 0 N–H and O–H groups in total. The summed E-state index contributed by atoms with van der Waals surface area (Å²) in [5.74, 6) is -0.445. The molecule has 90 valence electrons. The molecule has 0 aliphatic carbocycles. The number of hydrogen-bond acceptors (Lipinski definition) is 5. The predicted octanol–water partition coefficient (Wildman–Crippen LogP) is 0.664. The van der Waals surface area contributed by atoms with Crippen LogP contribution in [0.3, 0.4) is 0 Å². The third-order valence-electron chi connectivity index (χ3n) is 2.20. The molecule has 16 heavy (non-hydrogen) atoms. The normalized spacial score (nSPS) is 10.4. The summed E-state index contributed by atoms with van der Waals surface area (Å²) in [7, 11) is 1.33. The van der Waals surface area contributed by atoms with Gasteiger partial charge in [0.25, 0.3) is 0 Å². The van der Waals surface area contributed by atoms with Gasteiger partial charge < -0.3 is 9.47 Å². The summed E-state index contributed by atoms with van der Waals surface area (Å²) >= 11 is 0. The number of carbonyl (C=O) groups excluding carboxylic acids is 1. The van der Waals surface area contributed by atoms with Crippen molar-refractivity contribution in [3.63, 3.8) is 0 Å². The lowest BCUT2D eigenvalue weighted by Crippen LogP contribution is -2.12. The number of carbonyl (C=O) groups is 1. The van der Waals surface area contributed by atoms with Gasteiger partial charge in [-0.15, -0.1) is 5.10 Å². The maximum Gasteiger partial charge on any atom is 0.360 e. The van der Waals surface area contributed by atoms with Crippen LogP contribution in [-0.4, -0.2) is 41.3 Å². The van der Waals surface area contributed by atoms with E-state index in [9.17, 15) is 4.79 Å². The summed E-state index contributed by atoms with van der Waals surface area (Å²) in [5, 5.41) is 7.73. The molecule has 1 aromatic rings. The molecule has 0 fully saturated rings. The third-order valence-corrected chi connectivity index (χ3v) is 2.20. The maximum atomic E-state index is 11.4. The number of ether oxygens (including phenoxy) is 2. The Bertz CT molecular complexity index is 349. The average molecular weight is 227 g/mol. The molecule has 0 unspecified atom stereocenters. The molecule has 6 nitrogen and oxygen atoms in total. The minimum Gasteiger partial charge on any atom is -0.464 e. The Balaban J connectivity index is 2.78. The Labute approximate surface area is 94.5 Å². The van der Waals surface area contributed by atoms with Crippen molar-refractivity contribution in [1.82, 2.24) is 15.0 Å². The monoisotopic (exact) mass is 227 g/mol. The van der Waals surface area contributed by atoms with Crippen LogP contribution >= 0.6 is 0 Å². The molecule has 0 aromatic carbocycles. The zero-order valence-electron chi connectivity index (χ0n) is 9.89. The van der Waals surface area contributed by atoms with Gasteiger partial charge in [0.05, 0.1) is 26.0 Å². The fraction of sp³-hybridized carbons (Fsp3) is 0.700. The second kappa shape index (κ2) is 6.22. The second-order valence-electron chi connectivity index (χ2n) is 3.15. The Hall–Kier alpha value is -1.43. The number of esters is 1. The summed E-state index contributed by atoms with van der Waals surface area (Å²) < 4.78 is 11.5. The zero-order chi connectivity index (χ0) is 12.0. The highest BCUT2D eigenvalue weighted by molar-refractivity contribution is 5.88. The van der Waals surface area contributed by atoms with Gasteiger partial charge in [0.2, 0.25) is 0 Å². The van der Waals surface area contributed by atoms with E-state index >= 15 is 0 Å². The van der Waals surface area contributed by atoms with E-state index in [-0.39, 0.29) is 0 Å². The summed E-state index contributed by atoms with van der Waals surface area (Å²) in [4.78, 5) is 11.4. The first-order valence-electron chi connectivity index (χ1n) is 5.33. The highest BCUT2D eigenvalue weighted by Crippen LogP contribution is 2.07. The molecule has 0 saturated carbocycles. The summed E-state index contributed by atoms with van der Waals surface area (Å²) in [5.41, 5.74) is 1.08. The maximum absolute atomic E-state index is 11.4. The SMILES string of the molecule is CCOCCn1nnc(C(=O)OC)c1CC. The topological polar surface area (TPSA) is 66.2 Å². The molecule has 0 amide bonds. The Morgan fingerprint density at radius 2 is 2.19 bits per heavy atom. The first-order chi connectivity index (χ1) is 7.74. The quantitative estimate of drug-likeness (QED) is 0.527. The van der Waals surface area contributed by atoms with Crippen LogP contribution in [0.5, 0.6) is 0 Å². The number of hydrogen-bond donors (Lipinski definition) is 0. The molecule has 0 spiro atoms. The molecule has 6 heteroatoms. The van der Waals surface area contributed by atoms with Gasteiger partial charge >= 0.3 is 5.97 Å². The van der Waals surface area contributed by atoms with E-state index in [2.05, 4.69) is 15.0 Å². The van der Waals surface area contributed by atoms with Gasteiger partial charge in [0.1, 0.15) is 0 Å². The van der Waals surface area contributed by atoms with Gasteiger partial charge in [0, 0.05) is 6.61 Å². The van der Waals surface area contributed by atoms with Crippen LogP contribution in [0.4, 0.5) is 0 Å². The fourth-order valence-corrected chi connectivity index (χ4v) is 1.41. The van der Waals surface area contributed by atoms with Crippen molar-refractivity contribution in [2.75, 3.05) is 20.3 Å². The molecule has 0 bridgehead atoms.